The normalized spacial score (nSPS) is 16.5. The molecule has 0 bridgehead atoms. The smallest absolute Gasteiger partial charge is 0.346 e. The number of rotatable bonds is 3. The molecule has 0 aliphatic carbocycles. The van der Waals surface area contributed by atoms with E-state index in [1.165, 1.54) is 11.3 Å². The fourth-order valence-corrected chi connectivity index (χ4v) is 5.02. The van der Waals surface area contributed by atoms with E-state index in [0.29, 0.717) is 17.7 Å². The molecule has 1 aromatic carbocycles. The summed E-state index contributed by atoms with van der Waals surface area (Å²) in [4.78, 5) is 25.2. The van der Waals surface area contributed by atoms with Crippen LogP contribution in [0.5, 0.6) is 0 Å². The average Bonchev–Trinajstić information content (AvgIpc) is 3.22. The van der Waals surface area contributed by atoms with E-state index in [4.69, 9.17) is 0 Å². The van der Waals surface area contributed by atoms with Crippen molar-refractivity contribution in [1.82, 2.24) is 0 Å². The van der Waals surface area contributed by atoms with Gasteiger partial charge in [0.25, 0.3) is 0 Å². The molecule has 3 aromatic rings. The van der Waals surface area contributed by atoms with Gasteiger partial charge in [-0.25, -0.2) is 4.79 Å². The molecule has 2 N–H and O–H groups in total. The van der Waals surface area contributed by atoms with Gasteiger partial charge in [-0.1, -0.05) is 30.3 Å². The maximum atomic E-state index is 12.2. The molecule has 0 saturated heterocycles. The summed E-state index contributed by atoms with van der Waals surface area (Å²) in [5.41, 5.74) is 3.12. The molecule has 1 aliphatic heterocycles. The Kier molecular flexibility index (Phi) is 3.70. The lowest BCUT2D eigenvalue weighted by Gasteiger charge is -2.22. The van der Waals surface area contributed by atoms with Crippen LogP contribution < -0.4 is 5.32 Å². The van der Waals surface area contributed by atoms with Gasteiger partial charge in [-0.15, -0.1) is 11.3 Å². The maximum absolute atomic E-state index is 12.2. The molecule has 0 radical (unpaired) electrons. The van der Waals surface area contributed by atoms with Gasteiger partial charge in [-0.3, -0.25) is 4.79 Å². The van der Waals surface area contributed by atoms with Gasteiger partial charge in [-0.2, -0.15) is 11.3 Å². The van der Waals surface area contributed by atoms with Crippen molar-refractivity contribution >= 4 is 40.2 Å². The largest absolute Gasteiger partial charge is 0.477 e. The summed E-state index contributed by atoms with van der Waals surface area (Å²) in [5, 5.41) is 16.6. The molecule has 1 amide bonds. The molecule has 0 unspecified atom stereocenters. The first kappa shape index (κ1) is 15.1. The number of hydrogen-bond acceptors (Lipinski definition) is 4. The van der Waals surface area contributed by atoms with Gasteiger partial charge in [0, 0.05) is 22.8 Å². The van der Waals surface area contributed by atoms with Crippen LogP contribution in [-0.2, 0) is 4.79 Å². The molecule has 24 heavy (non-hydrogen) atoms. The molecule has 2 aromatic heterocycles. The minimum atomic E-state index is -0.966. The fourth-order valence-electron chi connectivity index (χ4n) is 3.06. The third kappa shape index (κ3) is 2.44. The lowest BCUT2D eigenvalue weighted by molar-refractivity contribution is -0.116. The van der Waals surface area contributed by atoms with Crippen molar-refractivity contribution < 1.29 is 14.7 Å². The first-order chi connectivity index (χ1) is 11.6. The highest BCUT2D eigenvalue weighted by molar-refractivity contribution is 7.15. The van der Waals surface area contributed by atoms with Crippen LogP contribution in [0, 0.1) is 0 Å². The SMILES string of the molecule is O=C1C[C@@H](c2ccsc2)c2sc(C(=O)O)c(-c3ccccc3)c2N1. The molecule has 0 saturated carbocycles. The Balaban J connectivity index is 1.96. The number of benzene rings is 1. The molecule has 4 nitrogen and oxygen atoms in total. The van der Waals surface area contributed by atoms with Crippen LogP contribution in [0.3, 0.4) is 0 Å². The molecular weight excluding hydrogens is 342 g/mol. The van der Waals surface area contributed by atoms with Crippen LogP contribution in [0.15, 0.2) is 47.2 Å². The lowest BCUT2D eigenvalue weighted by atomic mass is 9.90. The van der Waals surface area contributed by atoms with E-state index in [1.54, 1.807) is 11.3 Å². The summed E-state index contributed by atoms with van der Waals surface area (Å²) >= 11 is 2.84. The second kappa shape index (κ2) is 5.89. The molecule has 0 fully saturated rings. The minimum absolute atomic E-state index is 0.0781. The molecular formula is C18H13NO3S2. The Hall–Kier alpha value is -2.44. The van der Waals surface area contributed by atoms with Crippen LogP contribution in [0.25, 0.3) is 11.1 Å². The van der Waals surface area contributed by atoms with Crippen LogP contribution in [-0.4, -0.2) is 17.0 Å². The molecule has 6 heteroatoms. The monoisotopic (exact) mass is 355 g/mol. The minimum Gasteiger partial charge on any atom is -0.477 e. The number of anilines is 1. The second-order valence-corrected chi connectivity index (χ2v) is 7.41. The molecule has 4 rings (SSSR count). The summed E-state index contributed by atoms with van der Waals surface area (Å²) < 4.78 is 0. The lowest BCUT2D eigenvalue weighted by Crippen LogP contribution is -2.22. The van der Waals surface area contributed by atoms with Crippen molar-refractivity contribution in [2.75, 3.05) is 5.32 Å². The van der Waals surface area contributed by atoms with E-state index in [2.05, 4.69) is 5.32 Å². The standard InChI is InChI=1S/C18H13NO3S2/c20-13-8-12(11-6-7-23-9-11)16-15(19-13)14(17(24-16)18(21)22)10-4-2-1-3-5-10/h1-7,9,12H,8H2,(H,19,20)(H,21,22)/t12-/m0/s1. The van der Waals surface area contributed by atoms with Crippen LogP contribution in [0.2, 0.25) is 0 Å². The molecule has 1 atom stereocenters. The Bertz CT molecular complexity index is 913. The number of thiophene rings is 2. The Morgan fingerprint density at radius 3 is 2.67 bits per heavy atom. The zero-order valence-corrected chi connectivity index (χ0v) is 14.1. The summed E-state index contributed by atoms with van der Waals surface area (Å²) in [6.45, 7) is 0. The Morgan fingerprint density at radius 1 is 1.21 bits per heavy atom. The third-order valence-corrected chi connectivity index (χ3v) is 6.10. The molecule has 3 heterocycles. The van der Waals surface area contributed by atoms with Crippen molar-refractivity contribution in [3.8, 4) is 11.1 Å². The predicted molar refractivity (Wildman–Crippen MR) is 96.1 cm³/mol. The van der Waals surface area contributed by atoms with Gasteiger partial charge < -0.3 is 10.4 Å². The maximum Gasteiger partial charge on any atom is 0.346 e. The number of nitrogens with one attached hydrogen (secondary N) is 1. The number of fused-ring (bicyclic) bond motifs is 1. The van der Waals surface area contributed by atoms with Crippen molar-refractivity contribution in [3.63, 3.8) is 0 Å². The van der Waals surface area contributed by atoms with Gasteiger partial charge in [0.2, 0.25) is 5.91 Å². The number of aromatic carboxylic acids is 1. The quantitative estimate of drug-likeness (QED) is 0.719. The summed E-state index contributed by atoms with van der Waals surface area (Å²) in [5.74, 6) is -1.13. The third-order valence-electron chi connectivity index (χ3n) is 4.11. The fraction of sp³-hybridized carbons (Fsp3) is 0.111. The van der Waals surface area contributed by atoms with Crippen molar-refractivity contribution in [3.05, 3.63) is 62.5 Å². The first-order valence-electron chi connectivity index (χ1n) is 7.42. The molecule has 0 spiro atoms. The number of hydrogen-bond donors (Lipinski definition) is 2. The number of carbonyl (C=O) groups is 2. The highest BCUT2D eigenvalue weighted by Gasteiger charge is 2.34. The number of carboxylic acid groups (broad SMARTS) is 1. The van der Waals surface area contributed by atoms with Crippen LogP contribution >= 0.6 is 22.7 Å². The van der Waals surface area contributed by atoms with Gasteiger partial charge in [0.1, 0.15) is 4.88 Å². The van der Waals surface area contributed by atoms with Crippen molar-refractivity contribution in [2.24, 2.45) is 0 Å². The number of carboxylic acids is 1. The van der Waals surface area contributed by atoms with E-state index in [9.17, 15) is 14.7 Å². The zero-order chi connectivity index (χ0) is 16.7. The van der Waals surface area contributed by atoms with E-state index < -0.39 is 5.97 Å². The predicted octanol–water partition coefficient (Wildman–Crippen LogP) is 4.65. The molecule has 1 aliphatic rings. The summed E-state index contributed by atoms with van der Waals surface area (Å²) in [6.07, 6.45) is 0.345. The number of amides is 1. The summed E-state index contributed by atoms with van der Waals surface area (Å²) in [7, 11) is 0. The van der Waals surface area contributed by atoms with Crippen molar-refractivity contribution in [1.29, 1.82) is 0 Å². The van der Waals surface area contributed by atoms with Crippen LogP contribution in [0.4, 0.5) is 5.69 Å². The highest BCUT2D eigenvalue weighted by Crippen LogP contribution is 2.49. The van der Waals surface area contributed by atoms with Gasteiger partial charge in [0.05, 0.1) is 5.69 Å². The average molecular weight is 355 g/mol. The second-order valence-electron chi connectivity index (χ2n) is 5.58. The van der Waals surface area contributed by atoms with E-state index in [1.807, 2.05) is 47.2 Å². The molecule has 120 valence electrons. The van der Waals surface area contributed by atoms with Gasteiger partial charge in [-0.05, 0) is 28.0 Å². The summed E-state index contributed by atoms with van der Waals surface area (Å²) in [6, 6.07) is 11.4. The van der Waals surface area contributed by atoms with Gasteiger partial charge >= 0.3 is 5.97 Å². The van der Waals surface area contributed by atoms with E-state index in [-0.39, 0.29) is 16.7 Å². The highest BCUT2D eigenvalue weighted by atomic mass is 32.1. The van der Waals surface area contributed by atoms with Crippen molar-refractivity contribution in [2.45, 2.75) is 12.3 Å². The van der Waals surface area contributed by atoms with Crippen LogP contribution in [0.1, 0.15) is 32.5 Å². The van der Waals surface area contributed by atoms with E-state index >= 15 is 0 Å². The zero-order valence-electron chi connectivity index (χ0n) is 12.5. The van der Waals surface area contributed by atoms with Gasteiger partial charge in [0.15, 0.2) is 0 Å². The number of carbonyl (C=O) groups excluding carboxylic acids is 1. The Morgan fingerprint density at radius 2 is 2.00 bits per heavy atom. The van der Waals surface area contributed by atoms with E-state index in [0.717, 1.165) is 16.0 Å². The Labute approximate surface area is 146 Å². The topological polar surface area (TPSA) is 66.4 Å². The first-order valence-corrected chi connectivity index (χ1v) is 9.18.